The zero-order valence-electron chi connectivity index (χ0n) is 17.9. The number of nitrogens with one attached hydrogen (secondary N) is 2. The number of nitrogens with zero attached hydrogens (tertiary/aromatic N) is 3. The first-order valence-electron chi connectivity index (χ1n) is 10.5. The highest BCUT2D eigenvalue weighted by atomic mass is 127. The minimum atomic E-state index is -0.141. The molecule has 1 fully saturated rings. The monoisotopic (exact) mass is 536 g/mol. The van der Waals surface area contributed by atoms with Crippen LogP contribution in [0.2, 0.25) is 0 Å². The third kappa shape index (κ3) is 9.61. The van der Waals surface area contributed by atoms with E-state index in [1.165, 1.54) is 0 Å². The highest BCUT2D eigenvalue weighted by molar-refractivity contribution is 14.0. The number of nitrogens with two attached hydrogens (primary N) is 1. The molecule has 1 aliphatic heterocycles. The van der Waals surface area contributed by atoms with Gasteiger partial charge in [0.25, 0.3) is 0 Å². The van der Waals surface area contributed by atoms with E-state index in [0.717, 1.165) is 75.1 Å². The van der Waals surface area contributed by atoms with Crippen LogP contribution < -0.4 is 16.4 Å². The van der Waals surface area contributed by atoms with E-state index in [1.54, 1.807) is 11.3 Å². The normalized spacial score (nSPS) is 15.9. The maximum atomic E-state index is 11.2. The number of halogens is 1. The van der Waals surface area contributed by atoms with Gasteiger partial charge in [0.2, 0.25) is 5.91 Å². The lowest BCUT2D eigenvalue weighted by Crippen LogP contribution is -2.39. The lowest BCUT2D eigenvalue weighted by Gasteiger charge is -2.30. The van der Waals surface area contributed by atoms with Crippen LogP contribution in [-0.4, -0.2) is 54.5 Å². The summed E-state index contributed by atoms with van der Waals surface area (Å²) in [6.45, 7) is 11.8. The number of likely N-dealkylation sites (tertiary alicyclic amines) is 1. The van der Waals surface area contributed by atoms with E-state index < -0.39 is 0 Å². The summed E-state index contributed by atoms with van der Waals surface area (Å²) in [6, 6.07) is 0. The van der Waals surface area contributed by atoms with Gasteiger partial charge >= 0.3 is 0 Å². The van der Waals surface area contributed by atoms with Crippen molar-refractivity contribution in [2.75, 3.05) is 32.7 Å². The molecule has 29 heavy (non-hydrogen) atoms. The van der Waals surface area contributed by atoms with Crippen molar-refractivity contribution in [3.63, 3.8) is 0 Å². The fourth-order valence-electron chi connectivity index (χ4n) is 3.26. The second-order valence-electron chi connectivity index (χ2n) is 7.67. The number of hydrogen-bond donors (Lipinski definition) is 3. The number of primary amides is 1. The van der Waals surface area contributed by atoms with E-state index in [9.17, 15) is 4.79 Å². The Hall–Kier alpha value is -0.940. The van der Waals surface area contributed by atoms with Crippen LogP contribution in [0, 0.1) is 5.92 Å². The molecule has 0 aromatic carbocycles. The van der Waals surface area contributed by atoms with Gasteiger partial charge in [0.15, 0.2) is 5.96 Å². The van der Waals surface area contributed by atoms with E-state index in [4.69, 9.17) is 5.73 Å². The summed E-state index contributed by atoms with van der Waals surface area (Å²) in [4.78, 5) is 23.0. The zero-order chi connectivity index (χ0) is 20.4. The molecule has 0 radical (unpaired) electrons. The highest BCUT2D eigenvalue weighted by Gasteiger charge is 2.22. The van der Waals surface area contributed by atoms with Crippen molar-refractivity contribution in [1.29, 1.82) is 0 Å². The summed E-state index contributed by atoms with van der Waals surface area (Å²) in [5, 5.41) is 9.90. The van der Waals surface area contributed by atoms with Gasteiger partial charge in [0.1, 0.15) is 5.01 Å². The molecule has 7 nitrogen and oxygen atoms in total. The lowest BCUT2D eigenvalue weighted by molar-refractivity contribution is -0.123. The average molecular weight is 537 g/mol. The fraction of sp³-hybridized carbons (Fsp3) is 0.750. The third-order valence-electron chi connectivity index (χ3n) is 5.06. The van der Waals surface area contributed by atoms with Crippen molar-refractivity contribution in [2.24, 2.45) is 16.6 Å². The number of thiazole rings is 1. The Morgan fingerprint density at radius 1 is 1.34 bits per heavy atom. The SMILES string of the molecule is CCNC(=NCc1nc(C(C)C)cs1)NCCCCN1CCC(C(N)=O)CC1.I. The molecule has 1 aliphatic rings. The van der Waals surface area contributed by atoms with Gasteiger partial charge in [0.05, 0.1) is 12.2 Å². The fourth-order valence-corrected chi connectivity index (χ4v) is 4.14. The predicted molar refractivity (Wildman–Crippen MR) is 132 cm³/mol. The van der Waals surface area contributed by atoms with Crippen LogP contribution >= 0.6 is 35.3 Å². The molecule has 9 heteroatoms. The minimum Gasteiger partial charge on any atom is -0.369 e. The van der Waals surface area contributed by atoms with Gasteiger partial charge in [-0.25, -0.2) is 9.98 Å². The van der Waals surface area contributed by atoms with Crippen LogP contribution in [0.5, 0.6) is 0 Å². The molecule has 1 aromatic rings. The number of piperidine rings is 1. The molecule has 2 rings (SSSR count). The van der Waals surface area contributed by atoms with Crippen LogP contribution in [0.15, 0.2) is 10.4 Å². The first-order chi connectivity index (χ1) is 13.5. The average Bonchev–Trinajstić information content (AvgIpc) is 3.15. The van der Waals surface area contributed by atoms with E-state index >= 15 is 0 Å². The van der Waals surface area contributed by atoms with Crippen molar-refractivity contribution < 1.29 is 4.79 Å². The largest absolute Gasteiger partial charge is 0.369 e. The molecule has 1 amide bonds. The number of unbranched alkanes of at least 4 members (excludes halogenated alkanes) is 1. The summed E-state index contributed by atoms with van der Waals surface area (Å²) in [5.74, 6) is 1.25. The van der Waals surface area contributed by atoms with Gasteiger partial charge in [-0.3, -0.25) is 4.79 Å². The molecule has 4 N–H and O–H groups in total. The van der Waals surface area contributed by atoms with Crippen LogP contribution in [0.25, 0.3) is 0 Å². The zero-order valence-corrected chi connectivity index (χ0v) is 21.1. The number of aliphatic imine (C=N–C) groups is 1. The third-order valence-corrected chi connectivity index (χ3v) is 5.91. The maximum absolute atomic E-state index is 11.2. The van der Waals surface area contributed by atoms with Crippen LogP contribution in [0.4, 0.5) is 0 Å². The molecule has 0 spiro atoms. The van der Waals surface area contributed by atoms with Crippen LogP contribution in [0.3, 0.4) is 0 Å². The predicted octanol–water partition coefficient (Wildman–Crippen LogP) is 2.92. The molecule has 0 unspecified atom stereocenters. The van der Waals surface area contributed by atoms with E-state index in [0.29, 0.717) is 12.5 Å². The number of hydrogen-bond acceptors (Lipinski definition) is 5. The molecule has 0 bridgehead atoms. The van der Waals surface area contributed by atoms with E-state index in [-0.39, 0.29) is 35.8 Å². The molecule has 166 valence electrons. The lowest BCUT2D eigenvalue weighted by atomic mass is 9.96. The van der Waals surface area contributed by atoms with Crippen molar-refractivity contribution in [2.45, 2.75) is 58.9 Å². The van der Waals surface area contributed by atoms with Crippen molar-refractivity contribution in [3.8, 4) is 0 Å². The van der Waals surface area contributed by atoms with Gasteiger partial charge in [-0.1, -0.05) is 13.8 Å². The van der Waals surface area contributed by atoms with Gasteiger partial charge < -0.3 is 21.3 Å². The summed E-state index contributed by atoms with van der Waals surface area (Å²) in [5.41, 5.74) is 6.54. The molecule has 2 heterocycles. The topological polar surface area (TPSA) is 95.6 Å². The van der Waals surface area contributed by atoms with Gasteiger partial charge in [-0.2, -0.15) is 0 Å². The number of carbonyl (C=O) groups excluding carboxylic acids is 1. The molecule has 0 saturated carbocycles. The minimum absolute atomic E-state index is 0. The first-order valence-corrected chi connectivity index (χ1v) is 11.4. The Morgan fingerprint density at radius 2 is 2.07 bits per heavy atom. The number of rotatable bonds is 10. The second kappa shape index (κ2) is 14.1. The number of guanidine groups is 1. The van der Waals surface area contributed by atoms with E-state index in [2.05, 4.69) is 51.7 Å². The molecular weight excluding hydrogens is 499 g/mol. The molecule has 1 saturated heterocycles. The molecular formula is C20H37IN6OS. The molecule has 0 aliphatic carbocycles. The Bertz CT molecular complexity index is 628. The van der Waals surface area contributed by atoms with Gasteiger partial charge in [-0.05, 0) is 58.2 Å². The first kappa shape index (κ1) is 26.1. The van der Waals surface area contributed by atoms with Crippen molar-refractivity contribution in [3.05, 3.63) is 16.1 Å². The van der Waals surface area contributed by atoms with Crippen molar-refractivity contribution >= 4 is 47.2 Å². The Balaban J connectivity index is 0.00000420. The highest BCUT2D eigenvalue weighted by Crippen LogP contribution is 2.18. The number of aromatic nitrogens is 1. The quantitative estimate of drug-likeness (QED) is 0.185. The Morgan fingerprint density at radius 3 is 2.66 bits per heavy atom. The number of carbonyl (C=O) groups is 1. The standard InChI is InChI=1S/C20H36N6OS.HI/c1-4-22-20(24-13-18-25-17(14-28-18)15(2)3)23-9-5-6-10-26-11-7-16(8-12-26)19(21)27;/h14-16H,4-13H2,1-3H3,(H2,21,27)(H2,22,23,24);1H. The summed E-state index contributed by atoms with van der Waals surface area (Å²) in [6.07, 6.45) is 4.03. The number of amides is 1. The smallest absolute Gasteiger partial charge is 0.220 e. The Labute approximate surface area is 196 Å². The van der Waals surface area contributed by atoms with Crippen LogP contribution in [-0.2, 0) is 11.3 Å². The maximum Gasteiger partial charge on any atom is 0.220 e. The Kier molecular flexibility index (Phi) is 12.7. The van der Waals surface area contributed by atoms with E-state index in [1.807, 2.05) is 0 Å². The van der Waals surface area contributed by atoms with Gasteiger partial charge in [-0.15, -0.1) is 35.3 Å². The summed E-state index contributed by atoms with van der Waals surface area (Å²) < 4.78 is 0. The van der Waals surface area contributed by atoms with Crippen molar-refractivity contribution in [1.82, 2.24) is 20.5 Å². The van der Waals surface area contributed by atoms with Gasteiger partial charge in [0, 0.05) is 24.4 Å². The second-order valence-corrected chi connectivity index (χ2v) is 8.61. The molecule has 1 aromatic heterocycles. The van der Waals surface area contributed by atoms with Crippen LogP contribution in [0.1, 0.15) is 63.1 Å². The molecule has 0 atom stereocenters. The summed E-state index contributed by atoms with van der Waals surface area (Å²) in [7, 11) is 0. The summed E-state index contributed by atoms with van der Waals surface area (Å²) >= 11 is 1.68.